The lowest BCUT2D eigenvalue weighted by molar-refractivity contribution is 1.07. The predicted molar refractivity (Wildman–Crippen MR) is 233 cm³/mol. The number of fused-ring (bicyclic) bond motifs is 2. The van der Waals surface area contributed by atoms with Crippen molar-refractivity contribution in [1.82, 2.24) is 15.0 Å². The van der Waals surface area contributed by atoms with Crippen LogP contribution in [0.3, 0.4) is 0 Å². The fourth-order valence-corrected chi connectivity index (χ4v) is 7.56. The lowest BCUT2D eigenvalue weighted by atomic mass is 9.96. The molecule has 1 aromatic heterocycles. The van der Waals surface area contributed by atoms with Gasteiger partial charge in [0.1, 0.15) is 0 Å². The summed E-state index contributed by atoms with van der Waals surface area (Å²) in [7, 11) is 0. The van der Waals surface area contributed by atoms with Crippen molar-refractivity contribution >= 4 is 21.5 Å². The van der Waals surface area contributed by atoms with Gasteiger partial charge in [0.2, 0.25) is 0 Å². The average molecular weight is 714 g/mol. The zero-order valence-electron chi connectivity index (χ0n) is 30.5. The Bertz CT molecular complexity index is 2990. The molecule has 0 amide bonds. The van der Waals surface area contributed by atoms with Crippen LogP contribution in [0.15, 0.2) is 212 Å². The highest BCUT2D eigenvalue weighted by Gasteiger charge is 2.15. The van der Waals surface area contributed by atoms with Gasteiger partial charge >= 0.3 is 0 Å². The van der Waals surface area contributed by atoms with Crippen LogP contribution in [0.25, 0.3) is 100 Å². The molecular formula is C53H35N3. The molecule has 0 atom stereocenters. The van der Waals surface area contributed by atoms with Gasteiger partial charge < -0.3 is 0 Å². The summed E-state index contributed by atoms with van der Waals surface area (Å²) in [5.41, 5.74) is 12.2. The van der Waals surface area contributed by atoms with E-state index >= 15 is 0 Å². The van der Waals surface area contributed by atoms with Crippen molar-refractivity contribution in [2.45, 2.75) is 0 Å². The minimum Gasteiger partial charge on any atom is -0.208 e. The van der Waals surface area contributed by atoms with E-state index in [1.54, 1.807) is 0 Å². The predicted octanol–water partition coefficient (Wildman–Crippen LogP) is 13.8. The van der Waals surface area contributed by atoms with Crippen molar-refractivity contribution in [3.05, 3.63) is 212 Å². The molecule has 0 saturated heterocycles. The van der Waals surface area contributed by atoms with Gasteiger partial charge in [0.15, 0.2) is 17.5 Å². The molecule has 0 N–H and O–H groups in total. The molecule has 0 radical (unpaired) electrons. The second kappa shape index (κ2) is 14.4. The van der Waals surface area contributed by atoms with E-state index in [-0.39, 0.29) is 0 Å². The molecule has 0 aliphatic rings. The topological polar surface area (TPSA) is 38.7 Å². The zero-order chi connectivity index (χ0) is 37.3. The van der Waals surface area contributed by atoms with Gasteiger partial charge in [0.25, 0.3) is 0 Å². The minimum absolute atomic E-state index is 0.632. The Balaban J connectivity index is 1.02. The summed E-state index contributed by atoms with van der Waals surface area (Å²) in [5.74, 6) is 1.90. The van der Waals surface area contributed by atoms with Crippen molar-refractivity contribution in [2.75, 3.05) is 0 Å². The number of nitrogens with zero attached hydrogens (tertiary/aromatic N) is 3. The lowest BCUT2D eigenvalue weighted by Crippen LogP contribution is -2.00. The Morgan fingerprint density at radius 1 is 0.214 bits per heavy atom. The van der Waals surface area contributed by atoms with E-state index in [1.807, 2.05) is 12.1 Å². The van der Waals surface area contributed by atoms with Crippen LogP contribution in [0, 0.1) is 0 Å². The number of aromatic nitrogens is 3. The van der Waals surface area contributed by atoms with E-state index < -0.39 is 0 Å². The van der Waals surface area contributed by atoms with Crippen LogP contribution in [-0.2, 0) is 0 Å². The first-order valence-electron chi connectivity index (χ1n) is 18.9. The van der Waals surface area contributed by atoms with E-state index in [1.165, 1.54) is 38.4 Å². The second-order valence-electron chi connectivity index (χ2n) is 14.1. The third-order valence-electron chi connectivity index (χ3n) is 10.5. The summed E-state index contributed by atoms with van der Waals surface area (Å²) < 4.78 is 0. The summed E-state index contributed by atoms with van der Waals surface area (Å²) in [6, 6.07) is 74.8. The van der Waals surface area contributed by atoms with Crippen LogP contribution in [-0.4, -0.2) is 15.0 Å². The Morgan fingerprint density at radius 2 is 0.607 bits per heavy atom. The molecule has 0 bridgehead atoms. The molecule has 3 heteroatoms. The normalized spacial score (nSPS) is 11.2. The van der Waals surface area contributed by atoms with Gasteiger partial charge in [-0.2, -0.15) is 0 Å². The standard InChI is InChI=1S/C53H35N3/c1-3-11-36(12-4-1)43-17-9-18-47(34-43)52-54-51(55-53(56-52)48-32-31-45-33-44(29-30-46(45)35-48)37-13-5-2-6-14-37)42-27-23-39(24-28-42)38-21-25-41(26-22-38)50-20-10-16-40-15-7-8-19-49(40)50/h1-35H. The SMILES string of the molecule is c1ccc(-c2cccc(-c3nc(-c4ccc(-c5ccc(-c6cccc7ccccc67)cc5)cc4)nc(-c4ccc5cc(-c6ccccc6)ccc5c4)n3)c2)cc1. The maximum absolute atomic E-state index is 5.10. The average Bonchev–Trinajstić information content (AvgIpc) is 3.29. The van der Waals surface area contributed by atoms with E-state index in [2.05, 4.69) is 200 Å². The first-order chi connectivity index (χ1) is 27.7. The smallest absolute Gasteiger partial charge is 0.164 e. The summed E-state index contributed by atoms with van der Waals surface area (Å²) in [4.78, 5) is 15.3. The maximum Gasteiger partial charge on any atom is 0.164 e. The van der Waals surface area contributed by atoms with Gasteiger partial charge in [0, 0.05) is 16.7 Å². The second-order valence-corrected chi connectivity index (χ2v) is 14.1. The summed E-state index contributed by atoms with van der Waals surface area (Å²) in [5, 5.41) is 4.81. The van der Waals surface area contributed by atoms with Crippen LogP contribution in [0.4, 0.5) is 0 Å². The fourth-order valence-electron chi connectivity index (χ4n) is 7.56. The minimum atomic E-state index is 0.632. The molecule has 0 aliphatic carbocycles. The van der Waals surface area contributed by atoms with Crippen LogP contribution in [0.1, 0.15) is 0 Å². The molecule has 10 aromatic rings. The highest BCUT2D eigenvalue weighted by atomic mass is 15.0. The molecule has 0 spiro atoms. The molecular weight excluding hydrogens is 679 g/mol. The summed E-state index contributed by atoms with van der Waals surface area (Å²) in [6.45, 7) is 0. The van der Waals surface area contributed by atoms with E-state index in [9.17, 15) is 0 Å². The molecule has 0 unspecified atom stereocenters. The zero-order valence-corrected chi connectivity index (χ0v) is 30.5. The lowest BCUT2D eigenvalue weighted by Gasteiger charge is -2.11. The number of hydrogen-bond donors (Lipinski definition) is 0. The van der Waals surface area contributed by atoms with Gasteiger partial charge in [0.05, 0.1) is 0 Å². The summed E-state index contributed by atoms with van der Waals surface area (Å²) in [6.07, 6.45) is 0. The van der Waals surface area contributed by atoms with Crippen LogP contribution in [0.5, 0.6) is 0 Å². The largest absolute Gasteiger partial charge is 0.208 e. The number of rotatable bonds is 7. The molecule has 3 nitrogen and oxygen atoms in total. The van der Waals surface area contributed by atoms with Gasteiger partial charge in [-0.15, -0.1) is 0 Å². The van der Waals surface area contributed by atoms with Crippen LogP contribution < -0.4 is 0 Å². The van der Waals surface area contributed by atoms with Crippen molar-refractivity contribution in [1.29, 1.82) is 0 Å². The van der Waals surface area contributed by atoms with Crippen molar-refractivity contribution in [3.8, 4) is 78.7 Å². The Morgan fingerprint density at radius 3 is 1.27 bits per heavy atom. The molecule has 0 fully saturated rings. The van der Waals surface area contributed by atoms with E-state index in [4.69, 9.17) is 15.0 Å². The Kier molecular flexibility index (Phi) is 8.51. The Labute approximate surface area is 326 Å². The monoisotopic (exact) mass is 713 g/mol. The van der Waals surface area contributed by atoms with Crippen molar-refractivity contribution in [3.63, 3.8) is 0 Å². The van der Waals surface area contributed by atoms with Crippen molar-refractivity contribution < 1.29 is 0 Å². The third-order valence-corrected chi connectivity index (χ3v) is 10.5. The highest BCUT2D eigenvalue weighted by Crippen LogP contribution is 2.33. The number of hydrogen-bond acceptors (Lipinski definition) is 3. The first kappa shape index (κ1) is 33.1. The van der Waals surface area contributed by atoms with Crippen molar-refractivity contribution in [2.24, 2.45) is 0 Å². The van der Waals surface area contributed by atoms with Gasteiger partial charge in [-0.25, -0.2) is 15.0 Å². The Hall–Kier alpha value is -7.49. The van der Waals surface area contributed by atoms with Gasteiger partial charge in [-0.05, 0) is 84.3 Å². The first-order valence-corrected chi connectivity index (χ1v) is 18.9. The highest BCUT2D eigenvalue weighted by molar-refractivity contribution is 5.97. The maximum atomic E-state index is 5.10. The third kappa shape index (κ3) is 6.52. The molecule has 0 saturated carbocycles. The van der Waals surface area contributed by atoms with Crippen LogP contribution in [0.2, 0.25) is 0 Å². The number of benzene rings is 9. The molecule has 262 valence electrons. The van der Waals surface area contributed by atoms with Crippen LogP contribution >= 0.6 is 0 Å². The van der Waals surface area contributed by atoms with E-state index in [0.29, 0.717) is 17.5 Å². The molecule has 1 heterocycles. The summed E-state index contributed by atoms with van der Waals surface area (Å²) >= 11 is 0. The molecule has 0 aliphatic heterocycles. The van der Waals surface area contributed by atoms with Gasteiger partial charge in [-0.1, -0.05) is 194 Å². The molecule has 10 rings (SSSR count). The quantitative estimate of drug-likeness (QED) is 0.165. The van der Waals surface area contributed by atoms with E-state index in [0.717, 1.165) is 44.3 Å². The molecule has 9 aromatic carbocycles. The fraction of sp³-hybridized carbons (Fsp3) is 0. The molecule has 56 heavy (non-hydrogen) atoms. The van der Waals surface area contributed by atoms with Gasteiger partial charge in [-0.3, -0.25) is 0 Å².